The minimum absolute atomic E-state index is 0.245. The Morgan fingerprint density at radius 2 is 1.95 bits per heavy atom. The van der Waals surface area contributed by atoms with Crippen LogP contribution in [0.5, 0.6) is 0 Å². The third kappa shape index (κ3) is 3.83. The highest BCUT2D eigenvalue weighted by atomic mass is 79.9. The monoisotopic (exact) mass is 337 g/mol. The molecular formula is C16H24BrN3. The van der Waals surface area contributed by atoms with Gasteiger partial charge in [-0.25, -0.2) is 4.98 Å². The minimum Gasteiger partial charge on any atom is -0.327 e. The normalized spacial score (nSPS) is 12.6. The number of hydrogen-bond donors (Lipinski definition) is 0. The van der Waals surface area contributed by atoms with Gasteiger partial charge in [-0.2, -0.15) is 0 Å². The molecule has 0 saturated carbocycles. The number of rotatable bonds is 4. The summed E-state index contributed by atoms with van der Waals surface area (Å²) in [5, 5.41) is 0. The molecule has 0 fully saturated rings. The Balaban J connectivity index is 2.45. The first-order valence-corrected chi connectivity index (χ1v) is 7.85. The number of likely N-dealkylation sites (N-methyl/N-ethyl adjacent to an activating group) is 1. The van der Waals surface area contributed by atoms with Gasteiger partial charge in [0.25, 0.3) is 0 Å². The molecule has 0 amide bonds. The summed E-state index contributed by atoms with van der Waals surface area (Å²) < 4.78 is 3.46. The van der Waals surface area contributed by atoms with Crippen LogP contribution in [0.3, 0.4) is 0 Å². The van der Waals surface area contributed by atoms with Crippen LogP contribution in [0.4, 0.5) is 0 Å². The highest BCUT2D eigenvalue weighted by Gasteiger charge is 2.18. The molecule has 1 heterocycles. The van der Waals surface area contributed by atoms with Crippen LogP contribution in [0.1, 0.15) is 26.6 Å². The maximum Gasteiger partial charge on any atom is 0.110 e. The Hall–Kier alpha value is -0.870. The molecule has 1 aromatic carbocycles. The average Bonchev–Trinajstić information content (AvgIpc) is 2.60. The molecule has 0 radical (unpaired) electrons. The van der Waals surface area contributed by atoms with E-state index < -0.39 is 0 Å². The maximum atomic E-state index is 4.85. The van der Waals surface area contributed by atoms with Crippen molar-refractivity contribution in [3.8, 4) is 0 Å². The lowest BCUT2D eigenvalue weighted by Gasteiger charge is -2.19. The summed E-state index contributed by atoms with van der Waals surface area (Å²) in [5.74, 6) is 1.19. The van der Waals surface area contributed by atoms with Crippen LogP contribution in [-0.2, 0) is 13.0 Å². The summed E-state index contributed by atoms with van der Waals surface area (Å²) in [5.41, 5.74) is 2.56. The lowest BCUT2D eigenvalue weighted by Crippen LogP contribution is -2.21. The summed E-state index contributed by atoms with van der Waals surface area (Å²) >= 11 is 3.53. The Labute approximate surface area is 130 Å². The number of hydrogen-bond acceptors (Lipinski definition) is 2. The molecule has 2 aromatic rings. The summed E-state index contributed by atoms with van der Waals surface area (Å²) in [7, 11) is 4.22. The number of halogens is 1. The van der Waals surface area contributed by atoms with Crippen LogP contribution in [0.25, 0.3) is 11.0 Å². The molecule has 2 rings (SSSR count). The van der Waals surface area contributed by atoms with Crippen molar-refractivity contribution in [1.82, 2.24) is 14.5 Å². The van der Waals surface area contributed by atoms with Gasteiger partial charge in [0.2, 0.25) is 0 Å². The first-order chi connectivity index (χ1) is 9.26. The number of imidazole rings is 1. The van der Waals surface area contributed by atoms with Crippen molar-refractivity contribution in [3.63, 3.8) is 0 Å². The Morgan fingerprint density at radius 3 is 2.55 bits per heavy atom. The van der Waals surface area contributed by atoms with Crippen molar-refractivity contribution in [1.29, 1.82) is 0 Å². The molecular weight excluding hydrogens is 314 g/mol. The van der Waals surface area contributed by atoms with E-state index in [2.05, 4.69) is 78.5 Å². The average molecular weight is 338 g/mol. The summed E-state index contributed by atoms with van der Waals surface area (Å²) in [6, 6.07) is 6.36. The van der Waals surface area contributed by atoms with E-state index in [0.29, 0.717) is 0 Å². The van der Waals surface area contributed by atoms with Crippen LogP contribution < -0.4 is 0 Å². The van der Waals surface area contributed by atoms with Gasteiger partial charge in [0.15, 0.2) is 0 Å². The molecule has 0 atom stereocenters. The van der Waals surface area contributed by atoms with Gasteiger partial charge in [-0.1, -0.05) is 36.7 Å². The van der Waals surface area contributed by atoms with Crippen molar-refractivity contribution >= 4 is 27.0 Å². The van der Waals surface area contributed by atoms with E-state index in [1.165, 1.54) is 11.3 Å². The predicted molar refractivity (Wildman–Crippen MR) is 89.1 cm³/mol. The van der Waals surface area contributed by atoms with Crippen molar-refractivity contribution in [2.45, 2.75) is 33.7 Å². The third-order valence-electron chi connectivity index (χ3n) is 3.25. The number of nitrogens with zero attached hydrogens (tertiary/aromatic N) is 3. The van der Waals surface area contributed by atoms with Gasteiger partial charge in [0, 0.05) is 24.0 Å². The summed E-state index contributed by atoms with van der Waals surface area (Å²) in [4.78, 5) is 7.07. The fourth-order valence-corrected chi connectivity index (χ4v) is 2.66. The van der Waals surface area contributed by atoms with Crippen molar-refractivity contribution in [3.05, 3.63) is 28.5 Å². The van der Waals surface area contributed by atoms with Gasteiger partial charge >= 0.3 is 0 Å². The molecule has 1 aromatic heterocycles. The Morgan fingerprint density at radius 1 is 1.25 bits per heavy atom. The maximum absolute atomic E-state index is 4.85. The van der Waals surface area contributed by atoms with Crippen LogP contribution >= 0.6 is 15.9 Å². The van der Waals surface area contributed by atoms with Gasteiger partial charge in [0.05, 0.1) is 11.0 Å². The van der Waals surface area contributed by atoms with Crippen LogP contribution in [0, 0.1) is 5.41 Å². The van der Waals surface area contributed by atoms with E-state index in [0.717, 1.165) is 29.5 Å². The second-order valence-corrected chi connectivity index (χ2v) is 7.77. The highest BCUT2D eigenvalue weighted by Crippen LogP contribution is 2.25. The van der Waals surface area contributed by atoms with Crippen LogP contribution in [0.15, 0.2) is 22.7 Å². The van der Waals surface area contributed by atoms with Gasteiger partial charge in [-0.15, -0.1) is 0 Å². The van der Waals surface area contributed by atoms with E-state index in [1.807, 2.05) is 0 Å². The summed E-state index contributed by atoms with van der Waals surface area (Å²) in [6.45, 7) is 8.80. The smallest absolute Gasteiger partial charge is 0.110 e. The van der Waals surface area contributed by atoms with Gasteiger partial charge in [0.1, 0.15) is 5.82 Å². The molecule has 4 heteroatoms. The lowest BCUT2D eigenvalue weighted by molar-refractivity contribution is 0.365. The molecule has 0 bridgehead atoms. The van der Waals surface area contributed by atoms with E-state index in [9.17, 15) is 0 Å². The fourth-order valence-electron chi connectivity index (χ4n) is 2.31. The predicted octanol–water partition coefficient (Wildman–Crippen LogP) is 3.95. The zero-order chi connectivity index (χ0) is 14.9. The number of benzene rings is 1. The molecule has 0 spiro atoms. The summed E-state index contributed by atoms with van der Waals surface area (Å²) in [6.07, 6.45) is 0.993. The van der Waals surface area contributed by atoms with Crippen molar-refractivity contribution in [2.75, 3.05) is 20.6 Å². The van der Waals surface area contributed by atoms with Crippen molar-refractivity contribution in [2.24, 2.45) is 5.41 Å². The number of fused-ring (bicyclic) bond motifs is 1. The van der Waals surface area contributed by atoms with Crippen LogP contribution in [-0.4, -0.2) is 35.1 Å². The minimum atomic E-state index is 0.245. The highest BCUT2D eigenvalue weighted by molar-refractivity contribution is 9.10. The lowest BCUT2D eigenvalue weighted by atomic mass is 9.92. The Bertz CT molecular complexity index is 594. The quantitative estimate of drug-likeness (QED) is 0.842. The van der Waals surface area contributed by atoms with Gasteiger partial charge < -0.3 is 9.47 Å². The van der Waals surface area contributed by atoms with Crippen molar-refractivity contribution < 1.29 is 0 Å². The molecule has 0 unspecified atom stereocenters. The fraction of sp³-hybridized carbons (Fsp3) is 0.562. The van der Waals surface area contributed by atoms with E-state index >= 15 is 0 Å². The van der Waals surface area contributed by atoms with Gasteiger partial charge in [-0.3, -0.25) is 0 Å². The van der Waals surface area contributed by atoms with Crippen LogP contribution in [0.2, 0.25) is 0 Å². The SMILES string of the molecule is CN(C)CCn1c(CC(C)(C)C)nc2cc(Br)ccc21. The Kier molecular flexibility index (Phi) is 4.55. The first kappa shape index (κ1) is 15.5. The number of aromatic nitrogens is 2. The third-order valence-corrected chi connectivity index (χ3v) is 3.74. The first-order valence-electron chi connectivity index (χ1n) is 7.06. The molecule has 0 aliphatic rings. The zero-order valence-electron chi connectivity index (χ0n) is 13.1. The van der Waals surface area contributed by atoms with E-state index in [1.54, 1.807) is 0 Å². The molecule has 0 aliphatic heterocycles. The standard InChI is InChI=1S/C16H24BrN3/c1-16(2,3)11-15-18-13-10-12(17)6-7-14(13)20(15)9-8-19(4)5/h6-7,10H,8-9,11H2,1-5H3. The second-order valence-electron chi connectivity index (χ2n) is 6.85. The molecule has 0 aliphatic carbocycles. The van der Waals surface area contributed by atoms with E-state index in [4.69, 9.17) is 4.98 Å². The molecule has 20 heavy (non-hydrogen) atoms. The largest absolute Gasteiger partial charge is 0.327 e. The molecule has 3 nitrogen and oxygen atoms in total. The molecule has 0 saturated heterocycles. The zero-order valence-corrected chi connectivity index (χ0v) is 14.7. The van der Waals surface area contributed by atoms with Gasteiger partial charge in [-0.05, 0) is 37.7 Å². The van der Waals surface area contributed by atoms with E-state index in [-0.39, 0.29) is 5.41 Å². The molecule has 0 N–H and O–H groups in total. The topological polar surface area (TPSA) is 21.1 Å². The molecule has 110 valence electrons. The second kappa shape index (κ2) is 5.86.